The van der Waals surface area contributed by atoms with E-state index < -0.39 is 23.5 Å². The van der Waals surface area contributed by atoms with Crippen LogP contribution < -0.4 is 0 Å². The van der Waals surface area contributed by atoms with E-state index in [1.807, 2.05) is 0 Å². The van der Waals surface area contributed by atoms with Gasteiger partial charge in [-0.15, -0.1) is 0 Å². The Kier molecular flexibility index (Phi) is 4.39. The lowest BCUT2D eigenvalue weighted by molar-refractivity contribution is -0.148. The number of likely N-dealkylation sites (tertiary alicyclic amines) is 2. The maximum Gasteiger partial charge on any atom is 0.329 e. The predicted molar refractivity (Wildman–Crippen MR) is 73.7 cm³/mol. The molecule has 0 aliphatic carbocycles. The second-order valence-electron chi connectivity index (χ2n) is 5.60. The molecule has 2 aliphatic heterocycles. The van der Waals surface area contributed by atoms with E-state index in [1.54, 1.807) is 6.92 Å². The van der Waals surface area contributed by atoms with Crippen LogP contribution in [0.3, 0.4) is 0 Å². The molecule has 2 amide bonds. The number of carboxylic acids is 1. The monoisotopic (exact) mass is 298 g/mol. The molecule has 0 aromatic carbocycles. The van der Waals surface area contributed by atoms with Gasteiger partial charge in [0.15, 0.2) is 0 Å². The molecule has 0 saturated carbocycles. The van der Waals surface area contributed by atoms with E-state index in [9.17, 15) is 19.5 Å². The van der Waals surface area contributed by atoms with Crippen LogP contribution in [0.15, 0.2) is 0 Å². The molecule has 0 radical (unpaired) electrons. The quantitative estimate of drug-likeness (QED) is 0.788. The van der Waals surface area contributed by atoms with Crippen LogP contribution in [-0.2, 0) is 14.3 Å². The van der Waals surface area contributed by atoms with Gasteiger partial charge in [-0.25, -0.2) is 14.4 Å². The summed E-state index contributed by atoms with van der Waals surface area (Å²) in [4.78, 5) is 39.0. The number of urea groups is 1. The summed E-state index contributed by atoms with van der Waals surface area (Å²) >= 11 is 0. The normalized spacial score (nSPS) is 28.8. The Balaban J connectivity index is 2.22. The molecule has 2 heterocycles. The summed E-state index contributed by atoms with van der Waals surface area (Å²) in [5.41, 5.74) is -1.14. The smallest absolute Gasteiger partial charge is 0.329 e. The maximum atomic E-state index is 12.7. The summed E-state index contributed by atoms with van der Waals surface area (Å²) in [5, 5.41) is 9.54. The molecule has 2 aliphatic rings. The van der Waals surface area contributed by atoms with Crippen molar-refractivity contribution in [1.82, 2.24) is 9.80 Å². The Morgan fingerprint density at radius 2 is 2.00 bits per heavy atom. The molecule has 0 aromatic rings. The molecule has 118 valence electrons. The van der Waals surface area contributed by atoms with Crippen molar-refractivity contribution in [2.24, 2.45) is 0 Å². The van der Waals surface area contributed by atoms with E-state index >= 15 is 0 Å². The van der Waals surface area contributed by atoms with Crippen LogP contribution in [-0.4, -0.2) is 64.7 Å². The number of carbonyl (C=O) groups is 3. The van der Waals surface area contributed by atoms with Crippen LogP contribution in [0.4, 0.5) is 4.79 Å². The summed E-state index contributed by atoms with van der Waals surface area (Å²) in [7, 11) is 1.30. The number of carbonyl (C=O) groups excluding carboxylic acids is 2. The maximum absolute atomic E-state index is 12.7. The number of rotatable bonds is 3. The van der Waals surface area contributed by atoms with Gasteiger partial charge < -0.3 is 19.6 Å². The van der Waals surface area contributed by atoms with Crippen molar-refractivity contribution < 1.29 is 24.2 Å². The minimum atomic E-state index is -1.14. The molecule has 1 N–H and O–H groups in total. The van der Waals surface area contributed by atoms with E-state index in [1.165, 1.54) is 16.9 Å². The number of methoxy groups -OCH3 is 1. The van der Waals surface area contributed by atoms with E-state index in [0.717, 1.165) is 6.42 Å². The average molecular weight is 298 g/mol. The molecule has 2 atom stereocenters. The van der Waals surface area contributed by atoms with Crippen LogP contribution >= 0.6 is 0 Å². The molecule has 7 nitrogen and oxygen atoms in total. The first-order chi connectivity index (χ1) is 9.97. The molecule has 0 bridgehead atoms. The fourth-order valence-electron chi connectivity index (χ4n) is 3.43. The lowest BCUT2D eigenvalue weighted by atomic mass is 9.93. The number of hydrogen-bond acceptors (Lipinski definition) is 4. The number of nitrogens with zero attached hydrogens (tertiary/aromatic N) is 2. The Morgan fingerprint density at radius 3 is 2.57 bits per heavy atom. The number of amides is 2. The fraction of sp³-hybridized carbons (Fsp3) is 0.786. The van der Waals surface area contributed by atoms with Gasteiger partial charge in [-0.1, -0.05) is 6.92 Å². The van der Waals surface area contributed by atoms with E-state index in [-0.39, 0.29) is 6.03 Å². The van der Waals surface area contributed by atoms with Crippen molar-refractivity contribution in [1.29, 1.82) is 0 Å². The number of carboxylic acid groups (broad SMARTS) is 1. The Hall–Kier alpha value is -1.79. The van der Waals surface area contributed by atoms with Crippen molar-refractivity contribution in [2.75, 3.05) is 20.2 Å². The summed E-state index contributed by atoms with van der Waals surface area (Å²) in [6.07, 6.45) is 2.79. The molecular weight excluding hydrogens is 276 g/mol. The predicted octanol–water partition coefficient (Wildman–Crippen LogP) is 1.07. The molecule has 7 heteroatoms. The largest absolute Gasteiger partial charge is 0.479 e. The van der Waals surface area contributed by atoms with Gasteiger partial charge in [-0.05, 0) is 32.1 Å². The lowest BCUT2D eigenvalue weighted by Crippen LogP contribution is -2.58. The highest BCUT2D eigenvalue weighted by Crippen LogP contribution is 2.35. The van der Waals surface area contributed by atoms with E-state index in [2.05, 4.69) is 0 Å². The molecule has 2 rings (SSSR count). The molecule has 2 saturated heterocycles. The van der Waals surface area contributed by atoms with Gasteiger partial charge >= 0.3 is 18.0 Å². The summed E-state index contributed by atoms with van der Waals surface area (Å²) in [6, 6.07) is -0.948. The van der Waals surface area contributed by atoms with Gasteiger partial charge in [0.2, 0.25) is 0 Å². The third kappa shape index (κ3) is 2.45. The highest BCUT2D eigenvalue weighted by atomic mass is 16.5. The van der Waals surface area contributed by atoms with Crippen LogP contribution in [0.5, 0.6) is 0 Å². The van der Waals surface area contributed by atoms with Gasteiger partial charge in [-0.2, -0.15) is 0 Å². The second-order valence-corrected chi connectivity index (χ2v) is 5.60. The fourth-order valence-corrected chi connectivity index (χ4v) is 3.43. The van der Waals surface area contributed by atoms with Crippen molar-refractivity contribution in [3.8, 4) is 0 Å². The van der Waals surface area contributed by atoms with Gasteiger partial charge in [-0.3, -0.25) is 0 Å². The first-order valence-corrected chi connectivity index (χ1v) is 7.37. The molecule has 2 fully saturated rings. The van der Waals surface area contributed by atoms with Gasteiger partial charge in [0.05, 0.1) is 7.11 Å². The molecular formula is C14H22N2O5. The van der Waals surface area contributed by atoms with Gasteiger partial charge in [0.25, 0.3) is 0 Å². The number of aliphatic carboxylic acids is 1. The third-order valence-electron chi connectivity index (χ3n) is 4.67. The zero-order chi connectivity index (χ0) is 15.6. The topological polar surface area (TPSA) is 87.2 Å². The highest BCUT2D eigenvalue weighted by molar-refractivity contribution is 5.89. The number of esters is 1. The van der Waals surface area contributed by atoms with Crippen molar-refractivity contribution in [3.05, 3.63) is 0 Å². The summed E-state index contributed by atoms with van der Waals surface area (Å²) in [6.45, 7) is 2.67. The van der Waals surface area contributed by atoms with Crippen LogP contribution in [0, 0.1) is 0 Å². The zero-order valence-electron chi connectivity index (χ0n) is 12.5. The minimum Gasteiger partial charge on any atom is -0.479 e. The summed E-state index contributed by atoms with van der Waals surface area (Å²) < 4.78 is 4.74. The third-order valence-corrected chi connectivity index (χ3v) is 4.67. The van der Waals surface area contributed by atoms with Crippen LogP contribution in [0.25, 0.3) is 0 Å². The average Bonchev–Trinajstić information content (AvgIpc) is 3.12. The van der Waals surface area contributed by atoms with Crippen molar-refractivity contribution in [3.63, 3.8) is 0 Å². The van der Waals surface area contributed by atoms with Gasteiger partial charge in [0.1, 0.15) is 11.6 Å². The Labute approximate surface area is 123 Å². The van der Waals surface area contributed by atoms with Crippen LogP contribution in [0.1, 0.15) is 39.0 Å². The Bertz CT molecular complexity index is 453. The minimum absolute atomic E-state index is 0.357. The van der Waals surface area contributed by atoms with Crippen molar-refractivity contribution >= 4 is 18.0 Å². The molecule has 2 unspecified atom stereocenters. The van der Waals surface area contributed by atoms with E-state index in [0.29, 0.717) is 38.8 Å². The molecule has 0 spiro atoms. The van der Waals surface area contributed by atoms with Gasteiger partial charge in [0, 0.05) is 13.1 Å². The lowest BCUT2D eigenvalue weighted by Gasteiger charge is -2.37. The standard InChI is InChI=1S/C14H22N2O5/c1-3-14(12(18)19)7-5-9-16(14)13(20)15-8-4-6-10(15)11(17)21-2/h10H,3-9H2,1-2H3,(H,18,19). The number of ether oxygens (including phenoxy) is 1. The second kappa shape index (κ2) is 5.91. The first-order valence-electron chi connectivity index (χ1n) is 7.37. The highest BCUT2D eigenvalue weighted by Gasteiger charge is 2.51. The summed E-state index contributed by atoms with van der Waals surface area (Å²) in [5.74, 6) is -1.40. The first kappa shape index (κ1) is 15.6. The van der Waals surface area contributed by atoms with Crippen molar-refractivity contribution in [2.45, 2.75) is 50.6 Å². The molecule has 21 heavy (non-hydrogen) atoms. The zero-order valence-corrected chi connectivity index (χ0v) is 12.5. The molecule has 0 aromatic heterocycles. The Morgan fingerprint density at radius 1 is 1.29 bits per heavy atom. The van der Waals surface area contributed by atoms with Crippen LogP contribution in [0.2, 0.25) is 0 Å². The van der Waals surface area contributed by atoms with E-state index in [4.69, 9.17) is 4.74 Å². The number of hydrogen-bond donors (Lipinski definition) is 1. The SMILES string of the molecule is CCC1(C(=O)O)CCCN1C(=O)N1CCCC1C(=O)OC.